The molecule has 2 rings (SSSR count). The molecule has 2 aromatic rings. The molecule has 28 heavy (non-hydrogen) atoms. The molecule has 0 saturated heterocycles. The van der Waals surface area contributed by atoms with Gasteiger partial charge in [0.2, 0.25) is 0 Å². The predicted molar refractivity (Wildman–Crippen MR) is 124 cm³/mol. The Morgan fingerprint density at radius 2 is 1.75 bits per heavy atom. The van der Waals surface area contributed by atoms with Gasteiger partial charge in [-0.1, -0.05) is 30.3 Å². The summed E-state index contributed by atoms with van der Waals surface area (Å²) in [4.78, 5) is 6.52. The van der Waals surface area contributed by atoms with Gasteiger partial charge >= 0.3 is 0 Å². The van der Waals surface area contributed by atoms with Crippen LogP contribution in [0, 0.1) is 0 Å². The third kappa shape index (κ3) is 7.31. The van der Waals surface area contributed by atoms with Crippen LogP contribution in [0.5, 0.6) is 5.75 Å². The molecule has 0 bridgehead atoms. The minimum absolute atomic E-state index is 0. The van der Waals surface area contributed by atoms with Gasteiger partial charge in [-0.15, -0.1) is 24.0 Å². The maximum absolute atomic E-state index is 12.3. The van der Waals surface area contributed by atoms with Crippen molar-refractivity contribution in [2.45, 2.75) is 18.4 Å². The Balaban J connectivity index is 0.00000392. The van der Waals surface area contributed by atoms with E-state index in [0.717, 1.165) is 11.3 Å². The Labute approximate surface area is 184 Å². The lowest BCUT2D eigenvalue weighted by Crippen LogP contribution is -2.40. The quantitative estimate of drug-likeness (QED) is 0.331. The van der Waals surface area contributed by atoms with Gasteiger partial charge in [0.1, 0.15) is 5.75 Å². The van der Waals surface area contributed by atoms with Crippen LogP contribution in [0.15, 0.2) is 64.5 Å². The van der Waals surface area contributed by atoms with Crippen LogP contribution >= 0.6 is 24.0 Å². The van der Waals surface area contributed by atoms with Gasteiger partial charge in [-0.2, -0.15) is 0 Å². The topological polar surface area (TPSA) is 71.0 Å². The Kier molecular flexibility index (Phi) is 10.3. The summed E-state index contributed by atoms with van der Waals surface area (Å²) in [6.07, 6.45) is 0. The maximum Gasteiger partial charge on any atom is 0.193 e. The zero-order valence-electron chi connectivity index (χ0n) is 16.5. The number of hydrogen-bond donors (Lipinski definition) is 1. The summed E-state index contributed by atoms with van der Waals surface area (Å²) < 4.78 is 30.1. The van der Waals surface area contributed by atoms with Crippen molar-refractivity contribution in [3.8, 4) is 5.75 Å². The van der Waals surface area contributed by atoms with E-state index in [0.29, 0.717) is 24.0 Å². The second kappa shape index (κ2) is 11.9. The Morgan fingerprint density at radius 3 is 2.32 bits per heavy atom. The van der Waals surface area contributed by atoms with Crippen molar-refractivity contribution in [2.75, 3.05) is 33.0 Å². The number of halogens is 1. The largest absolute Gasteiger partial charge is 0.494 e. The van der Waals surface area contributed by atoms with E-state index >= 15 is 0 Å². The lowest BCUT2D eigenvalue weighted by Gasteiger charge is -2.22. The molecule has 0 aromatic heterocycles. The first-order valence-electron chi connectivity index (χ1n) is 8.87. The molecular formula is C20H28IN3O3S. The van der Waals surface area contributed by atoms with Crippen LogP contribution in [-0.4, -0.2) is 52.3 Å². The highest BCUT2D eigenvalue weighted by molar-refractivity contribution is 14.0. The van der Waals surface area contributed by atoms with Gasteiger partial charge in [0, 0.05) is 27.2 Å². The summed E-state index contributed by atoms with van der Waals surface area (Å²) >= 11 is 0. The van der Waals surface area contributed by atoms with Gasteiger partial charge in [-0.3, -0.25) is 4.99 Å². The SMILES string of the molecule is CCOc1ccc(CN(C)C(=NC)NCCS(=O)(=O)c2ccccc2)cc1.I. The highest BCUT2D eigenvalue weighted by Crippen LogP contribution is 2.13. The van der Waals surface area contributed by atoms with Gasteiger partial charge in [-0.05, 0) is 36.8 Å². The molecule has 8 heteroatoms. The van der Waals surface area contributed by atoms with Gasteiger partial charge in [0.25, 0.3) is 0 Å². The molecular weight excluding hydrogens is 489 g/mol. The molecule has 154 valence electrons. The van der Waals surface area contributed by atoms with Crippen LogP contribution in [0.4, 0.5) is 0 Å². The fourth-order valence-corrected chi connectivity index (χ4v) is 3.81. The molecule has 0 aliphatic carbocycles. The molecule has 0 aliphatic heterocycles. The van der Waals surface area contributed by atoms with Gasteiger partial charge in [0.05, 0.1) is 17.3 Å². The van der Waals surface area contributed by atoms with Crippen LogP contribution in [0.1, 0.15) is 12.5 Å². The third-order valence-corrected chi connectivity index (χ3v) is 5.72. The van der Waals surface area contributed by atoms with Crippen molar-refractivity contribution < 1.29 is 13.2 Å². The predicted octanol–water partition coefficient (Wildman–Crippen LogP) is 3.18. The van der Waals surface area contributed by atoms with Crippen LogP contribution < -0.4 is 10.1 Å². The van der Waals surface area contributed by atoms with Crippen molar-refractivity contribution in [3.63, 3.8) is 0 Å². The van der Waals surface area contributed by atoms with Crippen LogP contribution in [-0.2, 0) is 16.4 Å². The maximum atomic E-state index is 12.3. The van der Waals surface area contributed by atoms with Gasteiger partial charge in [-0.25, -0.2) is 8.42 Å². The summed E-state index contributed by atoms with van der Waals surface area (Å²) in [5, 5.41) is 3.12. The first kappa shape index (κ1) is 24.2. The lowest BCUT2D eigenvalue weighted by atomic mass is 10.2. The van der Waals surface area contributed by atoms with E-state index in [1.807, 2.05) is 43.1 Å². The molecule has 0 amide bonds. The van der Waals surface area contributed by atoms with Gasteiger partial charge < -0.3 is 15.0 Å². The standard InChI is InChI=1S/C20H27N3O3S.HI/c1-4-26-18-12-10-17(11-13-18)16-23(3)20(21-2)22-14-15-27(24,25)19-8-6-5-7-9-19;/h5-13H,4,14-16H2,1-3H3,(H,21,22);1H. The average Bonchev–Trinajstić information content (AvgIpc) is 2.67. The summed E-state index contributed by atoms with van der Waals surface area (Å²) in [7, 11) is 0.288. The lowest BCUT2D eigenvalue weighted by molar-refractivity contribution is 0.340. The number of aliphatic imine (C=N–C) groups is 1. The minimum Gasteiger partial charge on any atom is -0.494 e. The molecule has 2 aromatic carbocycles. The highest BCUT2D eigenvalue weighted by Gasteiger charge is 2.14. The minimum atomic E-state index is -3.31. The molecule has 1 N–H and O–H groups in total. The van der Waals surface area contributed by atoms with E-state index in [2.05, 4.69) is 10.3 Å². The van der Waals surface area contributed by atoms with E-state index in [4.69, 9.17) is 4.74 Å². The van der Waals surface area contributed by atoms with Crippen molar-refractivity contribution in [2.24, 2.45) is 4.99 Å². The normalized spacial score (nSPS) is 11.5. The first-order valence-corrected chi connectivity index (χ1v) is 10.5. The molecule has 6 nitrogen and oxygen atoms in total. The highest BCUT2D eigenvalue weighted by atomic mass is 127. The van der Waals surface area contributed by atoms with E-state index in [1.165, 1.54) is 0 Å². The average molecular weight is 517 g/mol. The van der Waals surface area contributed by atoms with E-state index in [1.54, 1.807) is 37.4 Å². The van der Waals surface area contributed by atoms with Crippen molar-refractivity contribution in [1.29, 1.82) is 0 Å². The van der Waals surface area contributed by atoms with Crippen molar-refractivity contribution in [1.82, 2.24) is 10.2 Å². The van der Waals surface area contributed by atoms with Crippen LogP contribution in [0.25, 0.3) is 0 Å². The summed E-state index contributed by atoms with van der Waals surface area (Å²) in [6.45, 7) is 3.53. The number of sulfone groups is 1. The third-order valence-electron chi connectivity index (χ3n) is 3.98. The molecule has 0 fully saturated rings. The number of nitrogens with zero attached hydrogens (tertiary/aromatic N) is 2. The number of hydrogen-bond acceptors (Lipinski definition) is 4. The number of ether oxygens (including phenoxy) is 1. The van der Waals surface area contributed by atoms with Crippen molar-refractivity contribution >= 4 is 39.8 Å². The Hall–Kier alpha value is -1.81. The fraction of sp³-hybridized carbons (Fsp3) is 0.350. The molecule has 0 radical (unpaired) electrons. The molecule has 0 heterocycles. The second-order valence-electron chi connectivity index (χ2n) is 6.04. The van der Waals surface area contributed by atoms with Crippen LogP contribution in [0.2, 0.25) is 0 Å². The van der Waals surface area contributed by atoms with Crippen LogP contribution in [0.3, 0.4) is 0 Å². The van der Waals surface area contributed by atoms with E-state index < -0.39 is 9.84 Å². The zero-order valence-corrected chi connectivity index (χ0v) is 19.6. The van der Waals surface area contributed by atoms with E-state index in [-0.39, 0.29) is 36.3 Å². The Bertz CT molecular complexity index is 841. The van der Waals surface area contributed by atoms with Gasteiger partial charge in [0.15, 0.2) is 15.8 Å². The molecule has 0 spiro atoms. The monoisotopic (exact) mass is 517 g/mol. The zero-order chi connectivity index (χ0) is 19.7. The number of guanidine groups is 1. The molecule has 0 saturated carbocycles. The molecule has 0 unspecified atom stereocenters. The summed E-state index contributed by atoms with van der Waals surface area (Å²) in [6, 6.07) is 16.4. The summed E-state index contributed by atoms with van der Waals surface area (Å²) in [5.74, 6) is 1.50. The smallest absolute Gasteiger partial charge is 0.193 e. The number of benzene rings is 2. The fourth-order valence-electron chi connectivity index (χ4n) is 2.63. The Morgan fingerprint density at radius 1 is 1.11 bits per heavy atom. The molecule has 0 atom stereocenters. The first-order chi connectivity index (χ1) is 13.0. The second-order valence-corrected chi connectivity index (χ2v) is 8.15. The van der Waals surface area contributed by atoms with Crippen molar-refractivity contribution in [3.05, 3.63) is 60.2 Å². The van der Waals surface area contributed by atoms with E-state index in [9.17, 15) is 8.42 Å². The number of nitrogens with one attached hydrogen (secondary N) is 1. The summed E-state index contributed by atoms with van der Waals surface area (Å²) in [5.41, 5.74) is 1.11. The number of rotatable bonds is 8. The molecule has 0 aliphatic rings.